The molecule has 0 bridgehead atoms. The molecule has 0 atom stereocenters. The fraction of sp³-hybridized carbons (Fsp3) is 0.800. The molecule has 0 aromatic carbocycles. The summed E-state index contributed by atoms with van der Waals surface area (Å²) in [7, 11) is 1.92. The van der Waals surface area contributed by atoms with Gasteiger partial charge < -0.3 is 0 Å². The second kappa shape index (κ2) is 3.90. The third-order valence-electron chi connectivity index (χ3n) is 2.69. The Morgan fingerprint density at radius 1 is 0.846 bits per heavy atom. The number of hydrogen-bond donors (Lipinski definition) is 0. The second-order valence-electron chi connectivity index (χ2n) is 3.85. The number of hydrogen-bond acceptors (Lipinski definition) is 2. The molecule has 1 aliphatic rings. The van der Waals surface area contributed by atoms with Gasteiger partial charge >= 0.3 is 0 Å². The maximum atomic E-state index is 4.40. The van der Waals surface area contributed by atoms with E-state index in [-0.39, 0.29) is 0 Å². The monoisotopic (exact) mass is 179 g/mol. The smallest absolute Gasteiger partial charge is 0.0859 e. The van der Waals surface area contributed by atoms with Crippen molar-refractivity contribution in [1.29, 1.82) is 0 Å². The van der Waals surface area contributed by atoms with Crippen LogP contribution in [0.1, 0.15) is 43.5 Å². The molecule has 1 aliphatic carbocycles. The van der Waals surface area contributed by atoms with Gasteiger partial charge in [0.1, 0.15) is 0 Å². The lowest BCUT2D eigenvalue weighted by atomic mass is 10.1. The normalized spacial score (nSPS) is 18.5. The van der Waals surface area contributed by atoms with Crippen LogP contribution in [0.5, 0.6) is 0 Å². The maximum Gasteiger partial charge on any atom is 0.0859 e. The number of rotatable bonds is 0. The van der Waals surface area contributed by atoms with E-state index in [1.165, 1.54) is 43.5 Å². The van der Waals surface area contributed by atoms with Gasteiger partial charge in [0, 0.05) is 7.05 Å². The molecule has 0 saturated heterocycles. The molecule has 0 fully saturated rings. The fourth-order valence-electron chi connectivity index (χ4n) is 1.99. The van der Waals surface area contributed by atoms with Gasteiger partial charge in [-0.15, -0.1) is 0 Å². The highest BCUT2D eigenvalue weighted by molar-refractivity contribution is 5.09. The van der Waals surface area contributed by atoms with E-state index < -0.39 is 0 Å². The summed E-state index contributed by atoms with van der Waals surface area (Å²) in [5, 5.41) is 8.80. The molecule has 0 radical (unpaired) electrons. The summed E-state index contributed by atoms with van der Waals surface area (Å²) < 4.78 is 0. The molecule has 13 heavy (non-hydrogen) atoms. The summed E-state index contributed by atoms with van der Waals surface area (Å²) in [5.41, 5.74) is 2.48. The van der Waals surface area contributed by atoms with Gasteiger partial charge in [-0.1, -0.05) is 19.3 Å². The summed E-state index contributed by atoms with van der Waals surface area (Å²) in [6.45, 7) is 0. The molecule has 0 N–H and O–H groups in total. The quantitative estimate of drug-likeness (QED) is 0.608. The van der Waals surface area contributed by atoms with Crippen LogP contribution in [0.2, 0.25) is 0 Å². The van der Waals surface area contributed by atoms with Crippen LogP contribution >= 0.6 is 0 Å². The zero-order valence-electron chi connectivity index (χ0n) is 8.29. The molecule has 0 spiro atoms. The van der Waals surface area contributed by atoms with Gasteiger partial charge in [0.2, 0.25) is 0 Å². The van der Waals surface area contributed by atoms with Crippen LogP contribution in [0.25, 0.3) is 0 Å². The van der Waals surface area contributed by atoms with E-state index in [1.807, 2.05) is 7.05 Å². The highest BCUT2D eigenvalue weighted by Gasteiger charge is 2.10. The van der Waals surface area contributed by atoms with Crippen molar-refractivity contribution >= 4 is 0 Å². The third-order valence-corrected chi connectivity index (χ3v) is 2.69. The first-order valence-corrected chi connectivity index (χ1v) is 5.25. The molecular formula is C10H17N3. The summed E-state index contributed by atoms with van der Waals surface area (Å²) in [5.74, 6) is 0. The Labute approximate surface area is 79.1 Å². The Morgan fingerprint density at radius 2 is 1.31 bits per heavy atom. The molecule has 3 nitrogen and oxygen atoms in total. The van der Waals surface area contributed by atoms with Gasteiger partial charge in [0.05, 0.1) is 11.4 Å². The average molecular weight is 179 g/mol. The molecule has 0 saturated carbocycles. The minimum Gasteiger partial charge on any atom is -0.188 e. The fourth-order valence-corrected chi connectivity index (χ4v) is 1.99. The molecule has 1 aromatic heterocycles. The highest BCUT2D eigenvalue weighted by Crippen LogP contribution is 2.16. The van der Waals surface area contributed by atoms with Crippen LogP contribution in [0, 0.1) is 0 Å². The van der Waals surface area contributed by atoms with Crippen molar-refractivity contribution in [2.75, 3.05) is 0 Å². The van der Waals surface area contributed by atoms with Gasteiger partial charge in [-0.05, 0) is 25.7 Å². The largest absolute Gasteiger partial charge is 0.188 e. The lowest BCUT2D eigenvalue weighted by molar-refractivity contribution is 0.596. The molecule has 3 heteroatoms. The third kappa shape index (κ3) is 2.08. The van der Waals surface area contributed by atoms with E-state index in [4.69, 9.17) is 0 Å². The van der Waals surface area contributed by atoms with Crippen molar-refractivity contribution < 1.29 is 0 Å². The predicted octanol–water partition coefficient (Wildman–Crippen LogP) is 1.86. The summed E-state index contributed by atoms with van der Waals surface area (Å²) in [6, 6.07) is 0. The average Bonchev–Trinajstić information content (AvgIpc) is 2.46. The number of nitrogens with zero attached hydrogens (tertiary/aromatic N) is 3. The first kappa shape index (κ1) is 8.73. The van der Waals surface area contributed by atoms with Crippen molar-refractivity contribution in [2.45, 2.75) is 44.9 Å². The second-order valence-corrected chi connectivity index (χ2v) is 3.85. The Balaban J connectivity index is 2.16. The summed E-state index contributed by atoms with van der Waals surface area (Å²) >= 11 is 0. The summed E-state index contributed by atoms with van der Waals surface area (Å²) in [6.07, 6.45) is 8.92. The minimum atomic E-state index is 1.13. The lowest BCUT2D eigenvalue weighted by Gasteiger charge is -1.95. The van der Waals surface area contributed by atoms with Crippen molar-refractivity contribution in [3.05, 3.63) is 11.4 Å². The first-order valence-electron chi connectivity index (χ1n) is 5.25. The molecule has 72 valence electrons. The Hall–Kier alpha value is -0.860. The van der Waals surface area contributed by atoms with Gasteiger partial charge in [0.15, 0.2) is 0 Å². The number of fused-ring (bicyclic) bond motifs is 1. The van der Waals surface area contributed by atoms with Crippen molar-refractivity contribution in [1.82, 2.24) is 15.0 Å². The van der Waals surface area contributed by atoms with Crippen LogP contribution in [0.15, 0.2) is 0 Å². The topological polar surface area (TPSA) is 30.7 Å². The van der Waals surface area contributed by atoms with Crippen molar-refractivity contribution in [2.24, 2.45) is 7.05 Å². The molecule has 0 unspecified atom stereocenters. The van der Waals surface area contributed by atoms with Crippen LogP contribution in [-0.2, 0) is 19.9 Å². The Morgan fingerprint density at radius 3 is 1.85 bits per heavy atom. The van der Waals surface area contributed by atoms with E-state index in [0.717, 1.165) is 12.8 Å². The molecule has 0 amide bonds. The zero-order valence-corrected chi connectivity index (χ0v) is 8.29. The van der Waals surface area contributed by atoms with E-state index >= 15 is 0 Å². The predicted molar refractivity (Wildman–Crippen MR) is 51.5 cm³/mol. The SMILES string of the molecule is Cn1nc2c(n1)CCCCCCC2. The van der Waals surface area contributed by atoms with Crippen LogP contribution in [0.4, 0.5) is 0 Å². The molecular weight excluding hydrogens is 162 g/mol. The molecule has 0 aliphatic heterocycles. The Bertz CT molecular complexity index is 252. The van der Waals surface area contributed by atoms with Crippen LogP contribution in [-0.4, -0.2) is 15.0 Å². The molecule has 2 rings (SSSR count). The van der Waals surface area contributed by atoms with Crippen molar-refractivity contribution in [3.8, 4) is 0 Å². The zero-order chi connectivity index (χ0) is 9.10. The standard InChI is InChI=1S/C10H17N3/c1-13-11-9-7-5-3-2-4-6-8-10(9)12-13/h2-8H2,1H3. The van der Waals surface area contributed by atoms with E-state index in [2.05, 4.69) is 10.2 Å². The van der Waals surface area contributed by atoms with E-state index in [0.29, 0.717) is 0 Å². The van der Waals surface area contributed by atoms with E-state index in [1.54, 1.807) is 4.80 Å². The van der Waals surface area contributed by atoms with Crippen LogP contribution < -0.4 is 0 Å². The highest BCUT2D eigenvalue weighted by atomic mass is 15.5. The van der Waals surface area contributed by atoms with Crippen LogP contribution in [0.3, 0.4) is 0 Å². The van der Waals surface area contributed by atoms with Gasteiger partial charge in [-0.25, -0.2) is 0 Å². The lowest BCUT2D eigenvalue weighted by Crippen LogP contribution is -1.93. The maximum absolute atomic E-state index is 4.40. The Kier molecular flexibility index (Phi) is 2.62. The molecule has 1 heterocycles. The van der Waals surface area contributed by atoms with Gasteiger partial charge in [-0.2, -0.15) is 15.0 Å². The van der Waals surface area contributed by atoms with Crippen molar-refractivity contribution in [3.63, 3.8) is 0 Å². The first-order chi connectivity index (χ1) is 6.36. The number of aromatic nitrogens is 3. The van der Waals surface area contributed by atoms with Gasteiger partial charge in [0.25, 0.3) is 0 Å². The minimum absolute atomic E-state index is 1.13. The van der Waals surface area contributed by atoms with E-state index in [9.17, 15) is 0 Å². The summed E-state index contributed by atoms with van der Waals surface area (Å²) in [4.78, 5) is 1.71. The number of aryl methyl sites for hydroxylation is 3. The molecule has 1 aromatic rings. The van der Waals surface area contributed by atoms with Gasteiger partial charge in [-0.3, -0.25) is 0 Å².